The number of pyridine rings is 1. The average molecular weight is 694 g/mol. The molecular weight excluding hydrogens is 652 g/mol. The van der Waals surface area contributed by atoms with E-state index in [1.807, 2.05) is 0 Å². The molecule has 0 saturated heterocycles. The van der Waals surface area contributed by atoms with Crippen LogP contribution in [-0.4, -0.2) is 47.1 Å². The molecule has 49 heavy (non-hydrogen) atoms. The maximum absolute atomic E-state index is 15.8. The van der Waals surface area contributed by atoms with Gasteiger partial charge in [-0.15, -0.1) is 0 Å². The maximum Gasteiger partial charge on any atom is 0.416 e. The van der Waals surface area contributed by atoms with Crippen molar-refractivity contribution >= 4 is 18.0 Å². The molecule has 0 fully saturated rings. The quantitative estimate of drug-likeness (QED) is 0.178. The van der Waals surface area contributed by atoms with Gasteiger partial charge in [0.05, 0.1) is 18.0 Å². The van der Waals surface area contributed by atoms with Crippen molar-refractivity contribution < 1.29 is 41.0 Å². The number of alkyl halides is 3. The molecule has 2 aromatic carbocycles. The van der Waals surface area contributed by atoms with E-state index in [-0.39, 0.29) is 47.6 Å². The highest BCUT2D eigenvalue weighted by Crippen LogP contribution is 2.35. The van der Waals surface area contributed by atoms with Crippen molar-refractivity contribution in [3.63, 3.8) is 0 Å². The lowest BCUT2D eigenvalue weighted by molar-refractivity contribution is -0.139. The predicted molar refractivity (Wildman–Crippen MR) is 176 cm³/mol. The number of hydrogen-bond donors (Lipinski definition) is 2. The summed E-state index contributed by atoms with van der Waals surface area (Å²) in [6.07, 6.45) is -5.78. The Bertz CT molecular complexity index is 1770. The second kappa shape index (κ2) is 15.9. The fourth-order valence-electron chi connectivity index (χ4n) is 5.97. The summed E-state index contributed by atoms with van der Waals surface area (Å²) in [6.45, 7) is 8.56. The highest BCUT2D eigenvalue weighted by atomic mass is 19.4. The monoisotopic (exact) mass is 693 g/mol. The number of nitrogens with zero attached hydrogens (tertiary/aromatic N) is 2. The number of hydrogen-bond acceptors (Lipinski definition) is 4. The first-order valence-electron chi connectivity index (χ1n) is 15.6. The molecule has 1 aromatic heterocycles. The molecule has 2 N–H and O–H groups in total. The topological polar surface area (TPSA) is 91.6 Å². The lowest BCUT2D eigenvalue weighted by Gasteiger charge is -2.27. The van der Waals surface area contributed by atoms with Crippen LogP contribution in [0.1, 0.15) is 77.7 Å². The minimum atomic E-state index is -4.82. The van der Waals surface area contributed by atoms with E-state index in [1.54, 1.807) is 46.7 Å². The summed E-state index contributed by atoms with van der Waals surface area (Å²) >= 11 is 0. The molecule has 2 atom stereocenters. The van der Waals surface area contributed by atoms with Crippen molar-refractivity contribution in [1.82, 2.24) is 14.8 Å². The molecule has 0 unspecified atom stereocenters. The average Bonchev–Trinajstić information content (AvgIpc) is 2.95. The van der Waals surface area contributed by atoms with Crippen LogP contribution < -0.4 is 10.9 Å². The Labute approximate surface area is 281 Å². The minimum Gasteiger partial charge on any atom is -0.481 e. The van der Waals surface area contributed by atoms with Crippen LogP contribution in [0.4, 0.5) is 26.3 Å². The van der Waals surface area contributed by atoms with Crippen LogP contribution in [0.2, 0.25) is 0 Å². The van der Waals surface area contributed by atoms with Crippen LogP contribution in [-0.2, 0) is 22.2 Å². The standard InChI is InChI=1S/C36H41F6N3O4/c1-19(2)10-29(45-18-24(8-9-44(6)7)27(16-31(45)46)36(40,41)42)35(49)43-28(17-32(47)48)26-15-25(13-22(5)34(26)39)33-20(3)11-23(12-21(33)4)14-30(37)38/h11-16,18-19,28-29H,8-10,17H2,1-7H3,(H,43,49)(H,47,48)/t28-,29-/m0/s1. The Hall–Kier alpha value is -4.39. The summed E-state index contributed by atoms with van der Waals surface area (Å²) < 4.78 is 84.3. The van der Waals surface area contributed by atoms with Gasteiger partial charge in [-0.1, -0.05) is 26.0 Å². The van der Waals surface area contributed by atoms with Crippen LogP contribution in [0.15, 0.2) is 47.4 Å². The number of carbonyl (C=O) groups excluding carboxylic acids is 1. The highest BCUT2D eigenvalue weighted by molar-refractivity contribution is 5.82. The number of likely N-dealkylation sites (N-methyl/N-ethyl adjacent to an activating group) is 1. The molecule has 0 aliphatic carbocycles. The Kier molecular flexibility index (Phi) is 12.7. The second-order valence-electron chi connectivity index (χ2n) is 13.0. The summed E-state index contributed by atoms with van der Waals surface area (Å²) in [6, 6.07) is 3.64. The van der Waals surface area contributed by atoms with Gasteiger partial charge in [-0.25, -0.2) is 4.39 Å². The van der Waals surface area contributed by atoms with Crippen molar-refractivity contribution in [2.45, 2.75) is 72.1 Å². The van der Waals surface area contributed by atoms with Crippen molar-refractivity contribution in [3.05, 3.63) is 97.7 Å². The zero-order valence-corrected chi connectivity index (χ0v) is 28.4. The number of rotatable bonds is 13. The summed E-state index contributed by atoms with van der Waals surface area (Å²) in [5.41, 5.74) is 0.0662. The zero-order chi connectivity index (χ0) is 37.0. The molecule has 3 aromatic rings. The Balaban J connectivity index is 2.16. The van der Waals surface area contributed by atoms with Crippen LogP contribution in [0.3, 0.4) is 0 Å². The van der Waals surface area contributed by atoms with Gasteiger partial charge in [-0.2, -0.15) is 22.0 Å². The molecule has 1 heterocycles. The van der Waals surface area contributed by atoms with E-state index in [1.165, 1.54) is 31.2 Å². The molecule has 7 nitrogen and oxygen atoms in total. The first-order chi connectivity index (χ1) is 22.7. The molecular formula is C36H41F6N3O4. The molecule has 0 bridgehead atoms. The number of carboxylic acids is 1. The second-order valence-corrected chi connectivity index (χ2v) is 13.0. The third-order valence-electron chi connectivity index (χ3n) is 8.10. The molecule has 0 aliphatic rings. The summed E-state index contributed by atoms with van der Waals surface area (Å²) in [5, 5.41) is 12.4. The van der Waals surface area contributed by atoms with E-state index < -0.39 is 59.6 Å². The highest BCUT2D eigenvalue weighted by Gasteiger charge is 2.36. The van der Waals surface area contributed by atoms with E-state index in [0.29, 0.717) is 34.4 Å². The van der Waals surface area contributed by atoms with Gasteiger partial charge >= 0.3 is 12.1 Å². The number of carbonyl (C=O) groups is 2. The van der Waals surface area contributed by atoms with Crippen molar-refractivity contribution in [2.24, 2.45) is 5.92 Å². The van der Waals surface area contributed by atoms with E-state index >= 15 is 4.39 Å². The molecule has 0 radical (unpaired) electrons. The first-order valence-corrected chi connectivity index (χ1v) is 15.6. The van der Waals surface area contributed by atoms with E-state index in [2.05, 4.69) is 5.32 Å². The Morgan fingerprint density at radius 2 is 1.61 bits per heavy atom. The third-order valence-corrected chi connectivity index (χ3v) is 8.10. The molecule has 0 spiro atoms. The molecule has 1 amide bonds. The number of carboxylic acid groups (broad SMARTS) is 1. The van der Waals surface area contributed by atoms with Gasteiger partial charge in [-0.3, -0.25) is 14.4 Å². The smallest absolute Gasteiger partial charge is 0.416 e. The zero-order valence-electron chi connectivity index (χ0n) is 28.4. The van der Waals surface area contributed by atoms with Crippen molar-refractivity contribution in [1.29, 1.82) is 0 Å². The molecule has 13 heteroatoms. The number of nitrogens with one attached hydrogen (secondary N) is 1. The predicted octanol–water partition coefficient (Wildman–Crippen LogP) is 7.86. The summed E-state index contributed by atoms with van der Waals surface area (Å²) in [5.74, 6) is -3.27. The molecule has 266 valence electrons. The number of aliphatic carboxylic acids is 1. The number of amides is 1. The lowest BCUT2D eigenvalue weighted by atomic mass is 9.89. The van der Waals surface area contributed by atoms with Gasteiger partial charge in [0, 0.05) is 30.4 Å². The minimum absolute atomic E-state index is 0.00419. The van der Waals surface area contributed by atoms with E-state index in [4.69, 9.17) is 0 Å². The molecule has 3 rings (SSSR count). The van der Waals surface area contributed by atoms with Gasteiger partial charge in [0.1, 0.15) is 11.9 Å². The molecule has 0 saturated carbocycles. The van der Waals surface area contributed by atoms with Crippen molar-refractivity contribution in [2.75, 3.05) is 20.6 Å². The van der Waals surface area contributed by atoms with E-state index in [0.717, 1.165) is 10.8 Å². The first kappa shape index (κ1) is 39.1. The molecule has 0 aliphatic heterocycles. The van der Waals surface area contributed by atoms with Gasteiger partial charge in [0.2, 0.25) is 5.91 Å². The van der Waals surface area contributed by atoms with Crippen LogP contribution in [0.5, 0.6) is 0 Å². The van der Waals surface area contributed by atoms with Crippen LogP contribution in [0.25, 0.3) is 17.2 Å². The SMILES string of the molecule is Cc1cc(-c2c(C)cc(C=C(F)F)cc2C)cc([C@H](CC(=O)O)NC(=O)[C@H](CC(C)C)n2cc(CCN(C)C)c(C(F)(F)F)cc2=O)c1F. The van der Waals surface area contributed by atoms with Gasteiger partial charge in [0.15, 0.2) is 0 Å². The Morgan fingerprint density at radius 1 is 1.00 bits per heavy atom. The van der Waals surface area contributed by atoms with Crippen molar-refractivity contribution in [3.8, 4) is 11.1 Å². The van der Waals surface area contributed by atoms with E-state index in [9.17, 15) is 41.4 Å². The number of halogens is 6. The Morgan fingerprint density at radius 3 is 2.12 bits per heavy atom. The lowest BCUT2D eigenvalue weighted by Crippen LogP contribution is -2.41. The van der Waals surface area contributed by atoms with Crippen LogP contribution in [0, 0.1) is 32.5 Å². The largest absolute Gasteiger partial charge is 0.481 e. The van der Waals surface area contributed by atoms with Gasteiger partial charge in [-0.05, 0) is 105 Å². The van der Waals surface area contributed by atoms with Gasteiger partial charge < -0.3 is 19.9 Å². The summed E-state index contributed by atoms with van der Waals surface area (Å²) in [7, 11) is 3.36. The van der Waals surface area contributed by atoms with Gasteiger partial charge in [0.25, 0.3) is 11.6 Å². The third kappa shape index (κ3) is 10.1. The number of benzene rings is 2. The number of aryl methyl sites for hydroxylation is 3. The number of aromatic nitrogens is 1. The fraction of sp³-hybridized carbons (Fsp3) is 0.417. The fourth-order valence-corrected chi connectivity index (χ4v) is 5.97. The maximum atomic E-state index is 15.8. The normalized spacial score (nSPS) is 13.0. The van der Waals surface area contributed by atoms with Crippen LogP contribution >= 0.6 is 0 Å². The summed E-state index contributed by atoms with van der Waals surface area (Å²) in [4.78, 5) is 40.8.